The molecule has 0 spiro atoms. The highest BCUT2D eigenvalue weighted by Gasteiger charge is 2.11. The predicted molar refractivity (Wildman–Crippen MR) is 81.1 cm³/mol. The molecule has 1 aromatic carbocycles. The van der Waals surface area contributed by atoms with Crippen molar-refractivity contribution in [3.8, 4) is 11.4 Å². The summed E-state index contributed by atoms with van der Waals surface area (Å²) in [7, 11) is 0. The number of rotatable bonds is 5. The minimum Gasteiger partial charge on any atom is -0.299 e. The molecule has 0 saturated heterocycles. The largest absolute Gasteiger partial charge is 0.299 e. The molecule has 3 rings (SSSR count). The van der Waals surface area contributed by atoms with Crippen molar-refractivity contribution < 1.29 is 9.18 Å². The lowest BCUT2D eigenvalue weighted by Gasteiger charge is -1.99. The van der Waals surface area contributed by atoms with Gasteiger partial charge in [-0.25, -0.2) is 4.39 Å². The molecule has 2 aromatic heterocycles. The van der Waals surface area contributed by atoms with E-state index in [1.165, 1.54) is 23.5 Å². The smallest absolute Gasteiger partial charge is 0.249 e. The van der Waals surface area contributed by atoms with Gasteiger partial charge in [-0.3, -0.25) is 10.1 Å². The third-order valence-corrected chi connectivity index (χ3v) is 3.84. The van der Waals surface area contributed by atoms with Crippen LogP contribution < -0.4 is 5.32 Å². The molecule has 0 aliphatic heterocycles. The molecule has 23 heavy (non-hydrogen) atoms. The maximum absolute atomic E-state index is 12.9. The zero-order valence-corrected chi connectivity index (χ0v) is 12.9. The van der Waals surface area contributed by atoms with Crippen molar-refractivity contribution in [2.45, 2.75) is 19.9 Å². The van der Waals surface area contributed by atoms with Crippen molar-refractivity contribution in [3.63, 3.8) is 0 Å². The van der Waals surface area contributed by atoms with Gasteiger partial charge in [-0.05, 0) is 35.9 Å². The van der Waals surface area contributed by atoms with E-state index in [-0.39, 0.29) is 18.3 Å². The van der Waals surface area contributed by atoms with Crippen molar-refractivity contribution in [1.29, 1.82) is 0 Å². The summed E-state index contributed by atoms with van der Waals surface area (Å²) in [6.07, 6.45) is 0.763. The van der Waals surface area contributed by atoms with Crippen molar-refractivity contribution in [2.75, 3.05) is 5.32 Å². The maximum atomic E-state index is 12.9. The van der Waals surface area contributed by atoms with Gasteiger partial charge in [-0.2, -0.15) is 4.80 Å². The predicted octanol–water partition coefficient (Wildman–Crippen LogP) is 1.53. The van der Waals surface area contributed by atoms with Crippen LogP contribution in [0.5, 0.6) is 0 Å². The second kappa shape index (κ2) is 6.57. The first kappa shape index (κ1) is 15.2. The molecule has 0 atom stereocenters. The summed E-state index contributed by atoms with van der Waals surface area (Å²) < 4.78 is 12.9. The molecule has 0 unspecified atom stereocenters. The zero-order chi connectivity index (χ0) is 16.2. The topological polar surface area (TPSA) is 98.5 Å². The van der Waals surface area contributed by atoms with Crippen LogP contribution in [0, 0.1) is 5.82 Å². The minimum atomic E-state index is -0.343. The Bertz CT molecular complexity index is 814. The fourth-order valence-electron chi connectivity index (χ4n) is 1.76. The molecule has 0 fully saturated rings. The van der Waals surface area contributed by atoms with E-state index in [4.69, 9.17) is 0 Å². The molecule has 3 aromatic rings. The average molecular weight is 333 g/mol. The molecule has 0 bridgehead atoms. The standard InChI is InChI=1S/C13H12FN7OS/c1-2-11-16-18-13(23-11)15-10(22)7-21-19-12(17-20-21)8-3-5-9(14)6-4-8/h3-6H,2,7H2,1H3,(H,15,18,22). The number of benzene rings is 1. The van der Waals surface area contributed by atoms with Crippen molar-refractivity contribution in [2.24, 2.45) is 0 Å². The summed E-state index contributed by atoms with van der Waals surface area (Å²) in [5.74, 6) is -0.349. The fourth-order valence-corrected chi connectivity index (χ4v) is 2.45. The van der Waals surface area contributed by atoms with Crippen molar-refractivity contribution >= 4 is 22.4 Å². The average Bonchev–Trinajstić information content (AvgIpc) is 3.17. The Balaban J connectivity index is 1.64. The summed E-state index contributed by atoms with van der Waals surface area (Å²) in [5, 5.41) is 23.4. The normalized spacial score (nSPS) is 10.7. The highest BCUT2D eigenvalue weighted by atomic mass is 32.1. The summed E-state index contributed by atoms with van der Waals surface area (Å²) in [6, 6.07) is 5.71. The van der Waals surface area contributed by atoms with Crippen LogP contribution in [0.15, 0.2) is 24.3 Å². The first-order valence-corrected chi connectivity index (χ1v) is 7.61. The van der Waals surface area contributed by atoms with E-state index < -0.39 is 0 Å². The molecule has 10 heteroatoms. The molecular weight excluding hydrogens is 321 g/mol. The number of tetrazole rings is 1. The highest BCUT2D eigenvalue weighted by Crippen LogP contribution is 2.16. The van der Waals surface area contributed by atoms with Crippen LogP contribution in [0.1, 0.15) is 11.9 Å². The molecule has 118 valence electrons. The maximum Gasteiger partial charge on any atom is 0.249 e. The van der Waals surface area contributed by atoms with Crippen LogP contribution in [-0.2, 0) is 17.8 Å². The summed E-state index contributed by atoms with van der Waals surface area (Å²) in [5.41, 5.74) is 0.620. The van der Waals surface area contributed by atoms with E-state index in [2.05, 4.69) is 30.9 Å². The molecule has 2 heterocycles. The number of aryl methyl sites for hydroxylation is 1. The van der Waals surface area contributed by atoms with Crippen LogP contribution in [0.4, 0.5) is 9.52 Å². The number of aromatic nitrogens is 6. The van der Waals surface area contributed by atoms with Gasteiger partial charge in [0.25, 0.3) is 0 Å². The molecular formula is C13H12FN7OS. The number of anilines is 1. The van der Waals surface area contributed by atoms with Crippen LogP contribution in [0.2, 0.25) is 0 Å². The van der Waals surface area contributed by atoms with Gasteiger partial charge in [0.1, 0.15) is 17.4 Å². The van der Waals surface area contributed by atoms with Gasteiger partial charge >= 0.3 is 0 Å². The van der Waals surface area contributed by atoms with Crippen LogP contribution in [0.3, 0.4) is 0 Å². The van der Waals surface area contributed by atoms with Crippen LogP contribution >= 0.6 is 11.3 Å². The Hall–Kier alpha value is -2.75. The molecule has 0 aliphatic carbocycles. The Morgan fingerprint density at radius 3 is 2.74 bits per heavy atom. The van der Waals surface area contributed by atoms with E-state index in [1.807, 2.05) is 6.92 Å². The van der Waals surface area contributed by atoms with Gasteiger partial charge in [0, 0.05) is 5.56 Å². The quantitative estimate of drug-likeness (QED) is 0.760. The lowest BCUT2D eigenvalue weighted by Crippen LogP contribution is -2.20. The van der Waals surface area contributed by atoms with Crippen LogP contribution in [-0.4, -0.2) is 36.3 Å². The first-order valence-electron chi connectivity index (χ1n) is 6.80. The summed E-state index contributed by atoms with van der Waals surface area (Å²) >= 11 is 1.32. The fraction of sp³-hybridized carbons (Fsp3) is 0.231. The van der Waals surface area contributed by atoms with Gasteiger partial charge in [0.05, 0.1) is 0 Å². The lowest BCUT2D eigenvalue weighted by atomic mass is 10.2. The SMILES string of the molecule is CCc1nnc(NC(=O)Cn2nnc(-c3ccc(F)cc3)n2)s1. The van der Waals surface area contributed by atoms with Gasteiger partial charge in [0.15, 0.2) is 0 Å². The van der Waals surface area contributed by atoms with Gasteiger partial charge in [-0.15, -0.1) is 20.4 Å². The van der Waals surface area contributed by atoms with Crippen molar-refractivity contribution in [1.82, 2.24) is 30.4 Å². The third-order valence-electron chi connectivity index (χ3n) is 2.86. The minimum absolute atomic E-state index is 0.102. The Morgan fingerprint density at radius 2 is 2.04 bits per heavy atom. The number of carbonyl (C=O) groups is 1. The van der Waals surface area contributed by atoms with E-state index in [0.717, 1.165) is 16.2 Å². The molecule has 0 radical (unpaired) electrons. The number of halogens is 1. The van der Waals surface area contributed by atoms with Crippen LogP contribution in [0.25, 0.3) is 11.4 Å². The van der Waals surface area contributed by atoms with Gasteiger partial charge < -0.3 is 0 Å². The zero-order valence-electron chi connectivity index (χ0n) is 12.1. The third kappa shape index (κ3) is 3.72. The van der Waals surface area contributed by atoms with Crippen molar-refractivity contribution in [3.05, 3.63) is 35.1 Å². The van der Waals surface area contributed by atoms with E-state index in [9.17, 15) is 9.18 Å². The highest BCUT2D eigenvalue weighted by molar-refractivity contribution is 7.15. The number of nitrogens with zero attached hydrogens (tertiary/aromatic N) is 6. The van der Waals surface area contributed by atoms with Gasteiger partial charge in [-0.1, -0.05) is 18.3 Å². The Kier molecular flexibility index (Phi) is 4.33. The van der Waals surface area contributed by atoms with E-state index >= 15 is 0 Å². The second-order valence-corrected chi connectivity index (χ2v) is 5.62. The lowest BCUT2D eigenvalue weighted by molar-refractivity contribution is -0.117. The monoisotopic (exact) mass is 333 g/mol. The van der Waals surface area contributed by atoms with E-state index in [1.54, 1.807) is 12.1 Å². The number of amides is 1. The second-order valence-electron chi connectivity index (χ2n) is 4.55. The number of hydrogen-bond donors (Lipinski definition) is 1. The molecule has 0 saturated carbocycles. The number of hydrogen-bond acceptors (Lipinski definition) is 7. The molecule has 1 amide bonds. The number of nitrogens with one attached hydrogen (secondary N) is 1. The van der Waals surface area contributed by atoms with E-state index in [0.29, 0.717) is 16.5 Å². The Morgan fingerprint density at radius 1 is 1.26 bits per heavy atom. The Labute approximate surface area is 134 Å². The molecule has 1 N–H and O–H groups in total. The first-order chi connectivity index (χ1) is 11.1. The molecule has 8 nitrogen and oxygen atoms in total. The summed E-state index contributed by atoms with van der Waals surface area (Å²) in [6.45, 7) is 1.86. The number of carbonyl (C=O) groups excluding carboxylic acids is 1. The summed E-state index contributed by atoms with van der Waals surface area (Å²) in [4.78, 5) is 13.1. The molecule has 0 aliphatic rings. The van der Waals surface area contributed by atoms with Gasteiger partial charge in [0.2, 0.25) is 16.9 Å².